The molecular weight excluding hydrogens is 307 g/mol. The van der Waals surface area contributed by atoms with Gasteiger partial charge in [-0.1, -0.05) is 12.1 Å². The van der Waals surface area contributed by atoms with Gasteiger partial charge in [-0.3, -0.25) is 9.59 Å². The van der Waals surface area contributed by atoms with Gasteiger partial charge >= 0.3 is 0 Å². The fraction of sp³-hybridized carbons (Fsp3) is 0.263. The van der Waals surface area contributed by atoms with Crippen LogP contribution in [0, 0.1) is 11.7 Å². The Kier molecular flexibility index (Phi) is 4.60. The molecule has 0 bridgehead atoms. The molecule has 0 atom stereocenters. The van der Waals surface area contributed by atoms with Gasteiger partial charge in [0.2, 0.25) is 5.91 Å². The van der Waals surface area contributed by atoms with Crippen molar-refractivity contribution in [3.05, 3.63) is 65.5 Å². The third-order valence-electron chi connectivity index (χ3n) is 4.00. The third-order valence-corrected chi connectivity index (χ3v) is 4.00. The third kappa shape index (κ3) is 3.98. The number of carbonyl (C=O) groups excluding carboxylic acids is 2. The molecule has 1 fully saturated rings. The number of benzene rings is 2. The van der Waals surface area contributed by atoms with Crippen LogP contribution in [0.5, 0.6) is 0 Å². The van der Waals surface area contributed by atoms with E-state index in [1.54, 1.807) is 43.4 Å². The first-order valence-corrected chi connectivity index (χ1v) is 7.94. The molecule has 0 aliphatic heterocycles. The maximum Gasteiger partial charge on any atom is 0.253 e. The van der Waals surface area contributed by atoms with Crippen molar-refractivity contribution in [1.82, 2.24) is 4.90 Å². The van der Waals surface area contributed by atoms with E-state index in [4.69, 9.17) is 0 Å². The van der Waals surface area contributed by atoms with Gasteiger partial charge in [-0.05, 0) is 54.8 Å². The van der Waals surface area contributed by atoms with Gasteiger partial charge < -0.3 is 10.2 Å². The Morgan fingerprint density at radius 3 is 2.50 bits per heavy atom. The van der Waals surface area contributed by atoms with Crippen LogP contribution in [0.3, 0.4) is 0 Å². The van der Waals surface area contributed by atoms with Crippen LogP contribution < -0.4 is 5.32 Å². The van der Waals surface area contributed by atoms with E-state index in [1.165, 1.54) is 17.0 Å². The SMILES string of the molecule is CN(Cc1cccc(F)c1)C(=O)c1ccc(NC(=O)C2CC2)cc1. The van der Waals surface area contributed by atoms with Crippen LogP contribution in [-0.2, 0) is 11.3 Å². The average molecular weight is 326 g/mol. The van der Waals surface area contributed by atoms with Crippen LogP contribution in [0.25, 0.3) is 0 Å². The lowest BCUT2D eigenvalue weighted by molar-refractivity contribution is -0.117. The summed E-state index contributed by atoms with van der Waals surface area (Å²) in [7, 11) is 1.68. The molecule has 0 heterocycles. The summed E-state index contributed by atoms with van der Waals surface area (Å²) in [6, 6.07) is 13.0. The van der Waals surface area contributed by atoms with Crippen LogP contribution >= 0.6 is 0 Å². The van der Waals surface area contributed by atoms with Crippen molar-refractivity contribution < 1.29 is 14.0 Å². The van der Waals surface area contributed by atoms with Crippen molar-refractivity contribution >= 4 is 17.5 Å². The molecule has 4 nitrogen and oxygen atoms in total. The summed E-state index contributed by atoms with van der Waals surface area (Å²) >= 11 is 0. The topological polar surface area (TPSA) is 49.4 Å². The Bertz CT molecular complexity index is 754. The van der Waals surface area contributed by atoms with Gasteiger partial charge in [-0.2, -0.15) is 0 Å². The summed E-state index contributed by atoms with van der Waals surface area (Å²) in [6.07, 6.45) is 1.90. The van der Waals surface area contributed by atoms with Gasteiger partial charge in [0.1, 0.15) is 5.82 Å². The monoisotopic (exact) mass is 326 g/mol. The van der Waals surface area contributed by atoms with Crippen molar-refractivity contribution in [2.45, 2.75) is 19.4 Å². The predicted molar refractivity (Wildman–Crippen MR) is 90.0 cm³/mol. The number of nitrogens with one attached hydrogen (secondary N) is 1. The van der Waals surface area contributed by atoms with Gasteiger partial charge in [0.05, 0.1) is 0 Å². The van der Waals surface area contributed by atoms with Gasteiger partial charge in [0, 0.05) is 30.8 Å². The van der Waals surface area contributed by atoms with E-state index in [0.29, 0.717) is 17.8 Å². The molecule has 124 valence electrons. The summed E-state index contributed by atoms with van der Waals surface area (Å²) < 4.78 is 13.2. The lowest BCUT2D eigenvalue weighted by Gasteiger charge is -2.17. The number of halogens is 1. The van der Waals surface area contributed by atoms with Crippen LogP contribution in [0.15, 0.2) is 48.5 Å². The number of anilines is 1. The highest BCUT2D eigenvalue weighted by Crippen LogP contribution is 2.30. The molecule has 2 aromatic rings. The van der Waals surface area contributed by atoms with E-state index in [-0.39, 0.29) is 23.5 Å². The molecule has 24 heavy (non-hydrogen) atoms. The summed E-state index contributed by atoms with van der Waals surface area (Å²) in [6.45, 7) is 0.330. The largest absolute Gasteiger partial charge is 0.337 e. The molecule has 5 heteroatoms. The van der Waals surface area contributed by atoms with E-state index in [9.17, 15) is 14.0 Å². The molecule has 0 unspecified atom stereocenters. The molecule has 1 N–H and O–H groups in total. The second kappa shape index (κ2) is 6.83. The van der Waals surface area contributed by atoms with Gasteiger partial charge in [-0.15, -0.1) is 0 Å². The van der Waals surface area contributed by atoms with Crippen LogP contribution in [0.1, 0.15) is 28.8 Å². The van der Waals surface area contributed by atoms with E-state index < -0.39 is 0 Å². The molecule has 0 spiro atoms. The van der Waals surface area contributed by atoms with Gasteiger partial charge in [0.25, 0.3) is 5.91 Å². The van der Waals surface area contributed by atoms with Crippen molar-refractivity contribution in [2.24, 2.45) is 5.92 Å². The molecule has 1 aliphatic rings. The predicted octanol–water partition coefficient (Wildman–Crippen LogP) is 3.45. The van der Waals surface area contributed by atoms with E-state index in [2.05, 4.69) is 5.32 Å². The first-order valence-electron chi connectivity index (χ1n) is 7.94. The zero-order valence-electron chi connectivity index (χ0n) is 13.5. The summed E-state index contributed by atoms with van der Waals surface area (Å²) in [4.78, 5) is 25.7. The Balaban J connectivity index is 1.62. The summed E-state index contributed by atoms with van der Waals surface area (Å²) in [5, 5.41) is 2.84. The summed E-state index contributed by atoms with van der Waals surface area (Å²) in [5.74, 6) is -0.288. The van der Waals surface area contributed by atoms with E-state index in [1.807, 2.05) is 0 Å². The van der Waals surface area contributed by atoms with Crippen LogP contribution in [0.4, 0.5) is 10.1 Å². The summed E-state index contributed by atoms with van der Waals surface area (Å²) in [5.41, 5.74) is 1.95. The minimum Gasteiger partial charge on any atom is -0.337 e. The molecule has 1 saturated carbocycles. The fourth-order valence-corrected chi connectivity index (χ4v) is 2.49. The standard InChI is InChI=1S/C19H19FN2O2/c1-22(12-13-3-2-4-16(20)11-13)19(24)15-7-9-17(10-8-15)21-18(23)14-5-6-14/h2-4,7-11,14H,5-6,12H2,1H3,(H,21,23). The highest BCUT2D eigenvalue weighted by molar-refractivity contribution is 5.96. The fourth-order valence-electron chi connectivity index (χ4n) is 2.49. The molecule has 2 amide bonds. The van der Waals surface area contributed by atoms with Crippen molar-refractivity contribution in [3.63, 3.8) is 0 Å². The zero-order valence-corrected chi connectivity index (χ0v) is 13.5. The molecule has 0 radical (unpaired) electrons. The normalized spacial score (nSPS) is 13.4. The van der Waals surface area contributed by atoms with Crippen molar-refractivity contribution in [2.75, 3.05) is 12.4 Å². The number of hydrogen-bond acceptors (Lipinski definition) is 2. The highest BCUT2D eigenvalue weighted by atomic mass is 19.1. The number of amides is 2. The molecule has 2 aromatic carbocycles. The van der Waals surface area contributed by atoms with Crippen LogP contribution in [-0.4, -0.2) is 23.8 Å². The Morgan fingerprint density at radius 1 is 1.17 bits per heavy atom. The van der Waals surface area contributed by atoms with Crippen molar-refractivity contribution in [3.8, 4) is 0 Å². The molecule has 0 saturated heterocycles. The van der Waals surface area contributed by atoms with Gasteiger partial charge in [0.15, 0.2) is 0 Å². The van der Waals surface area contributed by atoms with E-state index in [0.717, 1.165) is 18.4 Å². The minimum atomic E-state index is -0.316. The Hall–Kier alpha value is -2.69. The smallest absolute Gasteiger partial charge is 0.253 e. The second-order valence-corrected chi connectivity index (χ2v) is 6.13. The zero-order chi connectivity index (χ0) is 17.1. The number of carbonyl (C=O) groups is 2. The number of rotatable bonds is 5. The van der Waals surface area contributed by atoms with E-state index >= 15 is 0 Å². The first kappa shape index (κ1) is 16.2. The average Bonchev–Trinajstić information content (AvgIpc) is 3.40. The minimum absolute atomic E-state index is 0.0392. The second-order valence-electron chi connectivity index (χ2n) is 6.13. The molecule has 0 aromatic heterocycles. The van der Waals surface area contributed by atoms with Crippen molar-refractivity contribution in [1.29, 1.82) is 0 Å². The Morgan fingerprint density at radius 2 is 1.88 bits per heavy atom. The van der Waals surface area contributed by atoms with Crippen LogP contribution in [0.2, 0.25) is 0 Å². The number of nitrogens with zero attached hydrogens (tertiary/aromatic N) is 1. The molecular formula is C19H19FN2O2. The number of hydrogen-bond donors (Lipinski definition) is 1. The quantitative estimate of drug-likeness (QED) is 0.915. The lowest BCUT2D eigenvalue weighted by atomic mass is 10.1. The maximum absolute atomic E-state index is 13.2. The van der Waals surface area contributed by atoms with Gasteiger partial charge in [-0.25, -0.2) is 4.39 Å². The highest BCUT2D eigenvalue weighted by Gasteiger charge is 2.29. The Labute approximate surface area is 140 Å². The first-order chi connectivity index (χ1) is 11.5. The maximum atomic E-state index is 13.2. The lowest BCUT2D eigenvalue weighted by Crippen LogP contribution is -2.26. The molecule has 1 aliphatic carbocycles. The molecule has 3 rings (SSSR count).